The summed E-state index contributed by atoms with van der Waals surface area (Å²) in [5.41, 5.74) is 1.21. The molecule has 0 aliphatic carbocycles. The number of hydrogen-bond acceptors (Lipinski definition) is 5. The molecule has 1 N–H and O–H groups in total. The Hall–Kier alpha value is -1.47. The molecule has 7 heteroatoms. The Balaban J connectivity index is 1.74. The summed E-state index contributed by atoms with van der Waals surface area (Å²) in [6.07, 6.45) is 1.90. The molecule has 0 unspecified atom stereocenters. The van der Waals surface area contributed by atoms with Gasteiger partial charge >= 0.3 is 0 Å². The molecule has 0 bridgehead atoms. The van der Waals surface area contributed by atoms with Crippen molar-refractivity contribution in [3.63, 3.8) is 0 Å². The third kappa shape index (κ3) is 5.51. The average Bonchev–Trinajstić information content (AvgIpc) is 2.65. The smallest absolute Gasteiger partial charge is 0.194 e. The fourth-order valence-corrected chi connectivity index (χ4v) is 4.75. The Labute approximate surface area is 168 Å². The van der Waals surface area contributed by atoms with Gasteiger partial charge in [0.1, 0.15) is 5.82 Å². The van der Waals surface area contributed by atoms with Gasteiger partial charge in [0, 0.05) is 68.1 Å². The fourth-order valence-electron chi connectivity index (χ4n) is 3.64. The van der Waals surface area contributed by atoms with Crippen molar-refractivity contribution in [2.24, 2.45) is 4.99 Å². The highest BCUT2D eigenvalue weighted by Gasteiger charge is 2.28. The molecule has 0 saturated carbocycles. The van der Waals surface area contributed by atoms with Crippen LogP contribution in [0.15, 0.2) is 23.3 Å². The molecule has 2 fully saturated rings. The van der Waals surface area contributed by atoms with E-state index in [2.05, 4.69) is 70.6 Å². The van der Waals surface area contributed by atoms with E-state index in [1.165, 1.54) is 5.56 Å². The number of guanidine groups is 1. The van der Waals surface area contributed by atoms with E-state index in [1.807, 2.05) is 12.3 Å². The van der Waals surface area contributed by atoms with Gasteiger partial charge in [-0.2, -0.15) is 11.8 Å². The summed E-state index contributed by atoms with van der Waals surface area (Å²) >= 11 is 2.05. The predicted octanol–water partition coefficient (Wildman–Crippen LogP) is 2.13. The number of nitrogens with zero attached hydrogens (tertiary/aromatic N) is 5. The quantitative estimate of drug-likeness (QED) is 0.628. The van der Waals surface area contributed by atoms with Crippen LogP contribution in [0.3, 0.4) is 0 Å². The Morgan fingerprint density at radius 2 is 2.04 bits per heavy atom. The molecule has 2 saturated heterocycles. The first-order valence-corrected chi connectivity index (χ1v) is 11.0. The van der Waals surface area contributed by atoms with E-state index in [1.54, 1.807) is 0 Å². The first kappa shape index (κ1) is 20.3. The van der Waals surface area contributed by atoms with Crippen molar-refractivity contribution >= 4 is 23.5 Å². The number of aromatic nitrogens is 1. The summed E-state index contributed by atoms with van der Waals surface area (Å²) in [5.74, 6) is 3.27. The molecule has 3 heterocycles. The van der Waals surface area contributed by atoms with Crippen LogP contribution in [0.1, 0.15) is 26.3 Å². The van der Waals surface area contributed by atoms with E-state index in [0.717, 1.165) is 63.3 Å². The van der Waals surface area contributed by atoms with Crippen LogP contribution in [0.4, 0.5) is 5.82 Å². The molecule has 2 aliphatic rings. The number of rotatable bonds is 4. The zero-order valence-electron chi connectivity index (χ0n) is 17.2. The number of nitrogens with one attached hydrogen (secondary N) is 1. The summed E-state index contributed by atoms with van der Waals surface area (Å²) < 4.78 is 0.272. The summed E-state index contributed by atoms with van der Waals surface area (Å²) in [7, 11) is 2.18. The minimum Gasteiger partial charge on any atom is -0.357 e. The third-order valence-corrected chi connectivity index (χ3v) is 6.43. The van der Waals surface area contributed by atoms with Gasteiger partial charge in [-0.3, -0.25) is 0 Å². The number of anilines is 1. The number of thioether (sulfide) groups is 1. The fraction of sp³-hybridized carbons (Fsp3) is 0.700. The third-order valence-electron chi connectivity index (χ3n) is 5.13. The maximum Gasteiger partial charge on any atom is 0.194 e. The molecule has 0 spiro atoms. The van der Waals surface area contributed by atoms with Gasteiger partial charge in [0.15, 0.2) is 5.96 Å². The van der Waals surface area contributed by atoms with Crippen LogP contribution in [-0.2, 0) is 6.54 Å². The van der Waals surface area contributed by atoms with Crippen molar-refractivity contribution in [2.75, 3.05) is 63.5 Å². The van der Waals surface area contributed by atoms with Gasteiger partial charge in [0.25, 0.3) is 0 Å². The van der Waals surface area contributed by atoms with Gasteiger partial charge in [-0.15, -0.1) is 0 Å². The minimum absolute atomic E-state index is 0.272. The van der Waals surface area contributed by atoms with Crippen LogP contribution >= 0.6 is 11.8 Å². The predicted molar refractivity (Wildman–Crippen MR) is 117 cm³/mol. The topological polar surface area (TPSA) is 47.0 Å². The number of hydrogen-bond donors (Lipinski definition) is 1. The molecule has 27 heavy (non-hydrogen) atoms. The first-order chi connectivity index (χ1) is 13.0. The van der Waals surface area contributed by atoms with Crippen LogP contribution in [0.5, 0.6) is 0 Å². The van der Waals surface area contributed by atoms with Crippen LogP contribution < -0.4 is 10.2 Å². The second-order valence-corrected chi connectivity index (χ2v) is 9.78. The monoisotopic (exact) mass is 390 g/mol. The number of piperazine rings is 1. The number of likely N-dealkylation sites (N-methyl/N-ethyl adjacent to an activating group) is 1. The Bertz CT molecular complexity index is 639. The largest absolute Gasteiger partial charge is 0.357 e. The molecule has 1 aromatic rings. The maximum absolute atomic E-state index is 4.99. The molecule has 1 aromatic heterocycles. The molecule has 150 valence electrons. The highest BCUT2D eigenvalue weighted by Crippen LogP contribution is 2.29. The molecule has 6 nitrogen and oxygen atoms in total. The van der Waals surface area contributed by atoms with Crippen molar-refractivity contribution in [3.05, 3.63) is 23.9 Å². The standard InChI is InChI=1S/C20H34N6S/c1-5-21-19(26-13-14-27-20(2,3)16-26)23-15-17-7-6-8-22-18(17)25-11-9-24(4)10-12-25/h6-8H,5,9-16H2,1-4H3,(H,21,23). The van der Waals surface area contributed by atoms with Gasteiger partial charge in [-0.05, 0) is 33.9 Å². The lowest BCUT2D eigenvalue weighted by molar-refractivity contribution is 0.312. The van der Waals surface area contributed by atoms with Crippen LogP contribution in [0.25, 0.3) is 0 Å². The Morgan fingerprint density at radius 1 is 1.26 bits per heavy atom. The van der Waals surface area contributed by atoms with Gasteiger partial charge in [0.2, 0.25) is 0 Å². The second-order valence-electron chi connectivity index (χ2n) is 7.98. The lowest BCUT2D eigenvalue weighted by Gasteiger charge is -2.39. The molecule has 0 aromatic carbocycles. The summed E-state index contributed by atoms with van der Waals surface area (Å²) in [4.78, 5) is 16.9. The normalized spacial score (nSPS) is 21.4. The van der Waals surface area contributed by atoms with Crippen molar-refractivity contribution in [1.29, 1.82) is 0 Å². The molecule has 0 amide bonds. The first-order valence-electron chi connectivity index (χ1n) is 10.0. The minimum atomic E-state index is 0.272. The van der Waals surface area contributed by atoms with E-state index in [-0.39, 0.29) is 4.75 Å². The maximum atomic E-state index is 4.99. The highest BCUT2D eigenvalue weighted by molar-refractivity contribution is 8.00. The zero-order valence-corrected chi connectivity index (χ0v) is 18.1. The van der Waals surface area contributed by atoms with E-state index < -0.39 is 0 Å². The van der Waals surface area contributed by atoms with E-state index >= 15 is 0 Å². The van der Waals surface area contributed by atoms with Crippen LogP contribution in [-0.4, -0.2) is 84.1 Å². The Morgan fingerprint density at radius 3 is 2.74 bits per heavy atom. The van der Waals surface area contributed by atoms with E-state index in [4.69, 9.17) is 4.99 Å². The summed E-state index contributed by atoms with van der Waals surface area (Å²) in [6.45, 7) is 14.6. The van der Waals surface area contributed by atoms with Crippen LogP contribution in [0.2, 0.25) is 0 Å². The number of aliphatic imine (C=N–C) groups is 1. The molecular formula is C20H34N6S. The SMILES string of the molecule is CCNC(=NCc1cccnc1N1CCN(C)CC1)N1CCSC(C)(C)C1. The van der Waals surface area contributed by atoms with Gasteiger partial charge in [-0.25, -0.2) is 9.98 Å². The van der Waals surface area contributed by atoms with E-state index in [0.29, 0.717) is 6.54 Å². The van der Waals surface area contributed by atoms with Gasteiger partial charge in [0.05, 0.1) is 6.54 Å². The van der Waals surface area contributed by atoms with Crippen molar-refractivity contribution in [2.45, 2.75) is 32.1 Å². The summed E-state index contributed by atoms with van der Waals surface area (Å²) in [6, 6.07) is 4.20. The molecule has 2 aliphatic heterocycles. The van der Waals surface area contributed by atoms with Gasteiger partial charge < -0.3 is 20.0 Å². The highest BCUT2D eigenvalue weighted by atomic mass is 32.2. The second kappa shape index (κ2) is 9.15. The number of pyridine rings is 1. The molecule has 3 rings (SSSR count). The van der Waals surface area contributed by atoms with Gasteiger partial charge in [-0.1, -0.05) is 6.07 Å². The summed E-state index contributed by atoms with van der Waals surface area (Å²) in [5, 5.41) is 3.49. The van der Waals surface area contributed by atoms with E-state index in [9.17, 15) is 0 Å². The van der Waals surface area contributed by atoms with Crippen molar-refractivity contribution in [3.8, 4) is 0 Å². The lowest BCUT2D eigenvalue weighted by atomic mass is 10.2. The molecule has 0 atom stereocenters. The van der Waals surface area contributed by atoms with Crippen LogP contribution in [0, 0.1) is 0 Å². The lowest BCUT2D eigenvalue weighted by Crippen LogP contribution is -2.51. The zero-order chi connectivity index (χ0) is 19.3. The molecule has 0 radical (unpaired) electrons. The Kier molecular flexibility index (Phi) is 6.87. The van der Waals surface area contributed by atoms with Crippen molar-refractivity contribution in [1.82, 2.24) is 20.1 Å². The van der Waals surface area contributed by atoms with Crippen molar-refractivity contribution < 1.29 is 0 Å². The molecular weight excluding hydrogens is 356 g/mol. The average molecular weight is 391 g/mol.